The summed E-state index contributed by atoms with van der Waals surface area (Å²) in [6.45, 7) is 2.74. The molecular formula is C47H54N4O5. The minimum atomic E-state index is -0.572. The highest BCUT2D eigenvalue weighted by atomic mass is 16.7. The van der Waals surface area contributed by atoms with Crippen LogP contribution in [-0.2, 0) is 45.3 Å². The lowest BCUT2D eigenvalue weighted by atomic mass is 9.99. The zero-order valence-corrected chi connectivity index (χ0v) is 32.0. The molecule has 0 unspecified atom stereocenters. The van der Waals surface area contributed by atoms with E-state index in [2.05, 4.69) is 64.1 Å². The molecule has 6 rings (SSSR count). The number of nitrogen functional groups attached to an aromatic ring is 1. The van der Waals surface area contributed by atoms with Crippen molar-refractivity contribution >= 4 is 23.2 Å². The van der Waals surface area contributed by atoms with Crippen molar-refractivity contribution in [1.82, 2.24) is 10.2 Å². The molecule has 1 saturated heterocycles. The fraction of sp³-hybridized carbons (Fsp3) is 0.319. The molecule has 0 aliphatic carbocycles. The van der Waals surface area contributed by atoms with Crippen molar-refractivity contribution in [3.05, 3.63) is 167 Å². The number of ether oxygens (including phenoxy) is 2. The second-order valence-electron chi connectivity index (χ2n) is 14.6. The molecule has 5 N–H and O–H groups in total. The Labute approximate surface area is 330 Å². The normalized spacial score (nSPS) is 16.7. The van der Waals surface area contributed by atoms with Crippen LogP contribution in [0.25, 0.3) is 0 Å². The van der Waals surface area contributed by atoms with Gasteiger partial charge in [0.1, 0.15) is 0 Å². The monoisotopic (exact) mass is 754 g/mol. The largest absolute Gasteiger partial charge is 0.397 e. The number of nitrogens with two attached hydrogens (primary N) is 1. The molecule has 292 valence electrons. The molecule has 1 heterocycles. The van der Waals surface area contributed by atoms with Crippen molar-refractivity contribution in [1.29, 1.82) is 0 Å². The molecule has 5 aromatic rings. The van der Waals surface area contributed by atoms with E-state index >= 15 is 0 Å². The zero-order valence-electron chi connectivity index (χ0n) is 32.0. The summed E-state index contributed by atoms with van der Waals surface area (Å²) in [5, 5.41) is 15.5. The van der Waals surface area contributed by atoms with E-state index in [9.17, 15) is 14.7 Å². The minimum Gasteiger partial charge on any atom is -0.397 e. The van der Waals surface area contributed by atoms with Crippen LogP contribution in [0.1, 0.15) is 90.7 Å². The Balaban J connectivity index is 1.01. The van der Waals surface area contributed by atoms with Gasteiger partial charge in [-0.25, -0.2) is 0 Å². The number of anilines is 2. The van der Waals surface area contributed by atoms with Gasteiger partial charge in [-0.1, -0.05) is 134 Å². The molecule has 2 amide bonds. The number of rotatable bonds is 19. The molecule has 0 saturated carbocycles. The predicted octanol–water partition coefficient (Wildman–Crippen LogP) is 8.60. The summed E-state index contributed by atoms with van der Waals surface area (Å²) < 4.78 is 13.4. The maximum absolute atomic E-state index is 12.6. The van der Waals surface area contributed by atoms with Gasteiger partial charge in [-0.2, -0.15) is 0 Å². The van der Waals surface area contributed by atoms with E-state index in [1.54, 1.807) is 12.1 Å². The molecule has 9 heteroatoms. The van der Waals surface area contributed by atoms with Gasteiger partial charge in [0.15, 0.2) is 6.29 Å². The molecular weight excluding hydrogens is 701 g/mol. The Hall–Kier alpha value is -5.32. The second kappa shape index (κ2) is 21.1. The number of hydrogen-bond acceptors (Lipinski definition) is 7. The number of hydrogen-bond donors (Lipinski definition) is 4. The van der Waals surface area contributed by atoms with Crippen molar-refractivity contribution < 1.29 is 24.2 Å². The molecule has 3 atom stereocenters. The lowest BCUT2D eigenvalue weighted by Gasteiger charge is -2.38. The number of aliphatic hydroxyl groups excluding tert-OH is 1. The van der Waals surface area contributed by atoms with E-state index in [1.807, 2.05) is 72.8 Å². The third-order valence-electron chi connectivity index (χ3n) is 10.1. The fourth-order valence-electron chi connectivity index (χ4n) is 7.02. The Bertz CT molecular complexity index is 1900. The number of nitrogens with zero attached hydrogens (tertiary/aromatic N) is 1. The van der Waals surface area contributed by atoms with Gasteiger partial charge in [-0.15, -0.1) is 0 Å². The Morgan fingerprint density at radius 1 is 0.643 bits per heavy atom. The number of unbranched alkanes of at least 4 members (excludes halogenated alkanes) is 3. The Morgan fingerprint density at radius 3 is 1.84 bits per heavy atom. The Kier molecular flexibility index (Phi) is 15.2. The highest BCUT2D eigenvalue weighted by Crippen LogP contribution is 2.38. The lowest BCUT2D eigenvalue weighted by molar-refractivity contribution is -0.253. The van der Waals surface area contributed by atoms with E-state index in [4.69, 9.17) is 15.2 Å². The van der Waals surface area contributed by atoms with Crippen LogP contribution < -0.4 is 16.4 Å². The number of aliphatic hydroxyl groups is 1. The molecule has 0 radical (unpaired) electrons. The average molecular weight is 755 g/mol. The van der Waals surface area contributed by atoms with E-state index in [-0.39, 0.29) is 30.6 Å². The van der Waals surface area contributed by atoms with Crippen LogP contribution >= 0.6 is 0 Å². The first-order valence-corrected chi connectivity index (χ1v) is 19.7. The zero-order chi connectivity index (χ0) is 39.0. The van der Waals surface area contributed by atoms with Gasteiger partial charge in [0.25, 0.3) is 0 Å². The highest BCUT2D eigenvalue weighted by Gasteiger charge is 2.33. The maximum atomic E-state index is 12.6. The van der Waals surface area contributed by atoms with Crippen LogP contribution in [0.5, 0.6) is 0 Å². The summed E-state index contributed by atoms with van der Waals surface area (Å²) in [4.78, 5) is 27.3. The molecule has 1 aliphatic heterocycles. The topological polar surface area (TPSA) is 126 Å². The van der Waals surface area contributed by atoms with Gasteiger partial charge in [0.2, 0.25) is 11.8 Å². The quantitative estimate of drug-likeness (QED) is 0.0492. The van der Waals surface area contributed by atoms with Crippen molar-refractivity contribution in [2.75, 3.05) is 17.6 Å². The SMILES string of the molecule is Nc1ccccc1NC(=O)CCCCCCC(=O)NCc1ccc([C@@H]2O[C@H](CN(Cc3ccccc3)Cc3ccccc3)C[C@H](c3ccc(CO)cc3)O2)cc1. The summed E-state index contributed by atoms with van der Waals surface area (Å²) >= 11 is 0. The molecule has 0 bridgehead atoms. The Morgan fingerprint density at radius 2 is 1.21 bits per heavy atom. The van der Waals surface area contributed by atoms with Gasteiger partial charge in [0, 0.05) is 51.0 Å². The third kappa shape index (κ3) is 12.6. The van der Waals surface area contributed by atoms with Crippen LogP contribution in [-0.4, -0.2) is 34.5 Å². The molecule has 1 fully saturated rings. The third-order valence-corrected chi connectivity index (χ3v) is 10.1. The molecule has 1 aliphatic rings. The van der Waals surface area contributed by atoms with Gasteiger partial charge >= 0.3 is 0 Å². The number of carbonyl (C=O) groups is 2. The summed E-state index contributed by atoms with van der Waals surface area (Å²) in [5.74, 6) is -0.0375. The maximum Gasteiger partial charge on any atom is 0.224 e. The summed E-state index contributed by atoms with van der Waals surface area (Å²) in [6, 6.07) is 44.3. The number of carbonyl (C=O) groups excluding carboxylic acids is 2. The van der Waals surface area contributed by atoms with Crippen molar-refractivity contribution in [3.63, 3.8) is 0 Å². The van der Waals surface area contributed by atoms with Gasteiger partial charge in [0.05, 0.1) is 30.2 Å². The van der Waals surface area contributed by atoms with Crippen LogP contribution in [0.3, 0.4) is 0 Å². The van der Waals surface area contributed by atoms with Crippen LogP contribution in [0.2, 0.25) is 0 Å². The minimum absolute atomic E-state index is 0.00507. The first kappa shape index (κ1) is 40.3. The first-order valence-electron chi connectivity index (χ1n) is 19.7. The van der Waals surface area contributed by atoms with Gasteiger partial charge in [-0.3, -0.25) is 14.5 Å². The van der Waals surface area contributed by atoms with E-state index < -0.39 is 6.29 Å². The summed E-state index contributed by atoms with van der Waals surface area (Å²) in [5.41, 5.74) is 13.4. The number of amides is 2. The van der Waals surface area contributed by atoms with Crippen LogP contribution in [0, 0.1) is 0 Å². The van der Waals surface area contributed by atoms with E-state index in [0.29, 0.717) is 37.2 Å². The summed E-state index contributed by atoms with van der Waals surface area (Å²) in [7, 11) is 0. The van der Waals surface area contributed by atoms with Crippen molar-refractivity contribution in [2.24, 2.45) is 0 Å². The lowest BCUT2D eigenvalue weighted by Crippen LogP contribution is -2.39. The number of para-hydroxylation sites is 2. The average Bonchev–Trinajstić information content (AvgIpc) is 3.23. The van der Waals surface area contributed by atoms with Crippen LogP contribution in [0.15, 0.2) is 133 Å². The number of nitrogens with one attached hydrogen (secondary N) is 2. The molecule has 5 aromatic carbocycles. The number of benzene rings is 5. The standard InChI is InChI=1S/C47H54N4O5/c48-42-17-11-12-18-43(42)50-46(54)20-10-2-1-9-19-45(53)49-30-35-21-27-40(28-22-35)47-55-41(29-44(56-47)39-25-23-38(34-52)24-26-39)33-51(31-36-13-5-3-6-14-36)32-37-15-7-4-8-16-37/h3-8,11-18,21-28,41,44,47,52H,1-2,9-10,19-20,29-34,48H2,(H,49,53)(H,50,54)/t41-,44+,47+/m0/s1. The molecule has 9 nitrogen and oxygen atoms in total. The highest BCUT2D eigenvalue weighted by molar-refractivity contribution is 5.93. The van der Waals surface area contributed by atoms with Crippen molar-refractivity contribution in [3.8, 4) is 0 Å². The van der Waals surface area contributed by atoms with Gasteiger partial charge < -0.3 is 30.9 Å². The van der Waals surface area contributed by atoms with Gasteiger partial charge in [-0.05, 0) is 52.8 Å². The van der Waals surface area contributed by atoms with Crippen molar-refractivity contribution in [2.45, 2.75) is 89.7 Å². The fourth-order valence-corrected chi connectivity index (χ4v) is 7.02. The second-order valence-corrected chi connectivity index (χ2v) is 14.6. The first-order chi connectivity index (χ1) is 27.4. The molecule has 56 heavy (non-hydrogen) atoms. The smallest absolute Gasteiger partial charge is 0.224 e. The molecule has 0 aromatic heterocycles. The van der Waals surface area contributed by atoms with Crippen LogP contribution in [0.4, 0.5) is 11.4 Å². The van der Waals surface area contributed by atoms with E-state index in [1.165, 1.54) is 11.1 Å². The predicted molar refractivity (Wildman–Crippen MR) is 221 cm³/mol. The summed E-state index contributed by atoms with van der Waals surface area (Å²) in [6.07, 6.45) is 4.00. The van der Waals surface area contributed by atoms with E-state index in [0.717, 1.165) is 67.6 Å². The molecule has 0 spiro atoms.